The van der Waals surface area contributed by atoms with Gasteiger partial charge in [-0.25, -0.2) is 0 Å². The maximum absolute atomic E-state index is 11.9. The van der Waals surface area contributed by atoms with Crippen LogP contribution in [0.15, 0.2) is 12.1 Å². The predicted molar refractivity (Wildman–Crippen MR) is 86.3 cm³/mol. The molecule has 1 saturated heterocycles. The van der Waals surface area contributed by atoms with Gasteiger partial charge in [-0.05, 0) is 43.4 Å². The topological polar surface area (TPSA) is 39.3 Å². The zero-order valence-corrected chi connectivity index (χ0v) is 14.1. The van der Waals surface area contributed by atoms with Gasteiger partial charge in [0.25, 0.3) is 5.91 Å². The number of aromatic amines is 1. The smallest absolute Gasteiger partial charge is 0.269 e. The van der Waals surface area contributed by atoms with Gasteiger partial charge in [-0.15, -0.1) is 0 Å². The third-order valence-electron chi connectivity index (χ3n) is 4.93. The number of nitrogens with one attached hydrogen (secondary N) is 1. The molecule has 1 fully saturated rings. The standard InChI is InChI=1S/C17H29N3O/c1-6-17(2,3)15-8-7-11-20(15)12-13-9-10-14(18-13)16(21)19(4)5/h9-10,15,18H,6-8,11-12H2,1-5H3/t15-/m0/s1. The van der Waals surface area contributed by atoms with Gasteiger partial charge < -0.3 is 9.88 Å². The van der Waals surface area contributed by atoms with Crippen molar-refractivity contribution in [3.05, 3.63) is 23.5 Å². The first-order valence-corrected chi connectivity index (χ1v) is 7.98. The molecule has 0 spiro atoms. The molecule has 1 N–H and O–H groups in total. The quantitative estimate of drug-likeness (QED) is 0.905. The number of H-pyrrole nitrogens is 1. The summed E-state index contributed by atoms with van der Waals surface area (Å²) >= 11 is 0. The van der Waals surface area contributed by atoms with E-state index in [-0.39, 0.29) is 5.91 Å². The number of amides is 1. The number of likely N-dealkylation sites (tertiary alicyclic amines) is 1. The highest BCUT2D eigenvalue weighted by atomic mass is 16.2. The van der Waals surface area contributed by atoms with Gasteiger partial charge in [-0.2, -0.15) is 0 Å². The normalized spacial score (nSPS) is 20.0. The third kappa shape index (κ3) is 3.49. The first kappa shape index (κ1) is 16.1. The Morgan fingerprint density at radius 3 is 2.76 bits per heavy atom. The molecule has 4 heteroatoms. The minimum absolute atomic E-state index is 0.0353. The van der Waals surface area contributed by atoms with E-state index in [4.69, 9.17) is 0 Å². The molecule has 0 radical (unpaired) electrons. The lowest BCUT2D eigenvalue weighted by atomic mass is 9.80. The summed E-state index contributed by atoms with van der Waals surface area (Å²) in [6.07, 6.45) is 3.76. The molecule has 0 aromatic carbocycles. The lowest BCUT2D eigenvalue weighted by Crippen LogP contribution is -2.40. The molecule has 0 aliphatic carbocycles. The second-order valence-corrected chi connectivity index (χ2v) is 7.07. The Hall–Kier alpha value is -1.29. The van der Waals surface area contributed by atoms with Gasteiger partial charge in [-0.3, -0.25) is 9.69 Å². The molecule has 1 aromatic heterocycles. The van der Waals surface area contributed by atoms with Crippen LogP contribution in [-0.2, 0) is 6.54 Å². The summed E-state index contributed by atoms with van der Waals surface area (Å²) in [5, 5.41) is 0. The Labute approximate surface area is 128 Å². The molecule has 1 atom stereocenters. The zero-order valence-electron chi connectivity index (χ0n) is 14.1. The SMILES string of the molecule is CCC(C)(C)[C@@H]1CCCN1Cc1ccc(C(=O)N(C)C)[nH]1. The number of nitrogens with zero attached hydrogens (tertiary/aromatic N) is 2. The number of hydrogen-bond donors (Lipinski definition) is 1. The first-order valence-electron chi connectivity index (χ1n) is 7.98. The minimum Gasteiger partial charge on any atom is -0.353 e. The largest absolute Gasteiger partial charge is 0.353 e. The third-order valence-corrected chi connectivity index (χ3v) is 4.93. The Bertz CT molecular complexity index is 490. The summed E-state index contributed by atoms with van der Waals surface area (Å²) in [5.41, 5.74) is 2.17. The number of rotatable bonds is 5. The van der Waals surface area contributed by atoms with Gasteiger partial charge in [0.05, 0.1) is 0 Å². The van der Waals surface area contributed by atoms with Crippen LogP contribution in [0.3, 0.4) is 0 Å². The van der Waals surface area contributed by atoms with E-state index in [1.807, 2.05) is 12.1 Å². The van der Waals surface area contributed by atoms with Crippen molar-refractivity contribution in [2.45, 2.75) is 52.6 Å². The Morgan fingerprint density at radius 2 is 2.14 bits per heavy atom. The second-order valence-electron chi connectivity index (χ2n) is 7.07. The molecular formula is C17H29N3O. The van der Waals surface area contributed by atoms with Gasteiger partial charge >= 0.3 is 0 Å². The maximum Gasteiger partial charge on any atom is 0.269 e. The fourth-order valence-corrected chi connectivity index (χ4v) is 3.25. The van der Waals surface area contributed by atoms with Gasteiger partial charge in [0.1, 0.15) is 5.69 Å². The molecule has 2 rings (SSSR count). The van der Waals surface area contributed by atoms with Crippen LogP contribution < -0.4 is 0 Å². The van der Waals surface area contributed by atoms with E-state index < -0.39 is 0 Å². The van der Waals surface area contributed by atoms with Crippen molar-refractivity contribution in [3.63, 3.8) is 0 Å². The van der Waals surface area contributed by atoms with Crippen molar-refractivity contribution in [3.8, 4) is 0 Å². The van der Waals surface area contributed by atoms with E-state index in [2.05, 4.69) is 30.7 Å². The van der Waals surface area contributed by atoms with Crippen molar-refractivity contribution in [1.82, 2.24) is 14.8 Å². The van der Waals surface area contributed by atoms with Crippen molar-refractivity contribution in [2.24, 2.45) is 5.41 Å². The molecule has 21 heavy (non-hydrogen) atoms. The van der Waals surface area contributed by atoms with Crippen LogP contribution in [0, 0.1) is 5.41 Å². The van der Waals surface area contributed by atoms with E-state index in [0.29, 0.717) is 17.2 Å². The molecule has 4 nitrogen and oxygen atoms in total. The van der Waals surface area contributed by atoms with Gasteiger partial charge in [-0.1, -0.05) is 20.8 Å². The summed E-state index contributed by atoms with van der Waals surface area (Å²) in [7, 11) is 3.56. The summed E-state index contributed by atoms with van der Waals surface area (Å²) in [6, 6.07) is 4.58. The van der Waals surface area contributed by atoms with Crippen molar-refractivity contribution in [2.75, 3.05) is 20.6 Å². The van der Waals surface area contributed by atoms with Crippen LogP contribution in [0.5, 0.6) is 0 Å². The van der Waals surface area contributed by atoms with E-state index in [1.54, 1.807) is 19.0 Å². The average molecular weight is 291 g/mol. The van der Waals surface area contributed by atoms with E-state index in [9.17, 15) is 4.79 Å². The molecule has 1 amide bonds. The zero-order chi connectivity index (χ0) is 15.6. The van der Waals surface area contributed by atoms with Crippen molar-refractivity contribution < 1.29 is 4.79 Å². The average Bonchev–Trinajstić information content (AvgIpc) is 3.07. The fourth-order valence-electron chi connectivity index (χ4n) is 3.25. The molecule has 118 valence electrons. The van der Waals surface area contributed by atoms with Crippen LogP contribution in [0.4, 0.5) is 0 Å². The highest BCUT2D eigenvalue weighted by Crippen LogP contribution is 2.36. The summed E-state index contributed by atoms with van der Waals surface area (Å²) in [6.45, 7) is 9.08. The summed E-state index contributed by atoms with van der Waals surface area (Å²) < 4.78 is 0. The minimum atomic E-state index is 0.0353. The second kappa shape index (κ2) is 6.22. The monoisotopic (exact) mass is 291 g/mol. The molecular weight excluding hydrogens is 262 g/mol. The van der Waals surface area contributed by atoms with Crippen LogP contribution in [0.25, 0.3) is 0 Å². The predicted octanol–water partition coefficient (Wildman–Crippen LogP) is 3.12. The van der Waals surface area contributed by atoms with Crippen LogP contribution >= 0.6 is 0 Å². The molecule has 2 heterocycles. The fraction of sp³-hybridized carbons (Fsp3) is 0.706. The Kier molecular flexibility index (Phi) is 4.77. The molecule has 1 aromatic rings. The maximum atomic E-state index is 11.9. The Morgan fingerprint density at radius 1 is 1.43 bits per heavy atom. The van der Waals surface area contributed by atoms with E-state index in [1.165, 1.54) is 19.3 Å². The van der Waals surface area contributed by atoms with Crippen LogP contribution in [-0.4, -0.2) is 47.4 Å². The first-order chi connectivity index (χ1) is 9.85. The summed E-state index contributed by atoms with van der Waals surface area (Å²) in [5.74, 6) is 0.0353. The molecule has 1 aliphatic rings. The van der Waals surface area contributed by atoms with Crippen molar-refractivity contribution >= 4 is 5.91 Å². The molecule has 0 unspecified atom stereocenters. The molecule has 1 aliphatic heterocycles. The van der Waals surface area contributed by atoms with Gasteiger partial charge in [0.2, 0.25) is 0 Å². The number of carbonyl (C=O) groups is 1. The Balaban J connectivity index is 2.06. The van der Waals surface area contributed by atoms with Crippen LogP contribution in [0.1, 0.15) is 56.2 Å². The number of hydrogen-bond acceptors (Lipinski definition) is 2. The van der Waals surface area contributed by atoms with Crippen molar-refractivity contribution in [1.29, 1.82) is 0 Å². The highest BCUT2D eigenvalue weighted by molar-refractivity contribution is 5.92. The van der Waals surface area contributed by atoms with E-state index in [0.717, 1.165) is 18.8 Å². The lowest BCUT2D eigenvalue weighted by Gasteiger charge is -2.37. The number of carbonyl (C=O) groups excluding carboxylic acids is 1. The van der Waals surface area contributed by atoms with Crippen LogP contribution in [0.2, 0.25) is 0 Å². The summed E-state index contributed by atoms with van der Waals surface area (Å²) in [4.78, 5) is 19.4. The lowest BCUT2D eigenvalue weighted by molar-refractivity contribution is 0.0821. The van der Waals surface area contributed by atoms with Gasteiger partial charge in [0, 0.05) is 32.4 Å². The highest BCUT2D eigenvalue weighted by Gasteiger charge is 2.36. The molecule has 0 saturated carbocycles. The molecule has 0 bridgehead atoms. The van der Waals surface area contributed by atoms with Gasteiger partial charge in [0.15, 0.2) is 0 Å². The number of aromatic nitrogens is 1. The van der Waals surface area contributed by atoms with E-state index >= 15 is 0 Å².